The second-order valence-corrected chi connectivity index (χ2v) is 3.07. The van der Waals surface area contributed by atoms with Gasteiger partial charge in [0.2, 0.25) is 0 Å². The molecule has 0 aromatic rings. The van der Waals surface area contributed by atoms with Crippen molar-refractivity contribution in [3.63, 3.8) is 0 Å². The fraction of sp³-hybridized carbons (Fsp3) is 0.667. The molecule has 0 aliphatic carbocycles. The second kappa shape index (κ2) is 5.69. The molecule has 0 fully saturated rings. The molecule has 0 saturated carbocycles. The lowest BCUT2D eigenvalue weighted by Crippen LogP contribution is -2.25. The minimum Gasteiger partial charge on any atom is -0.207 e. The summed E-state index contributed by atoms with van der Waals surface area (Å²) in [6.45, 7) is 0. The van der Waals surface area contributed by atoms with E-state index in [0.717, 1.165) is 6.08 Å². The average Bonchev–Trinajstić information content (AvgIpc) is 1.99. The molecule has 0 spiro atoms. The monoisotopic (exact) mass is 227 g/mol. The van der Waals surface area contributed by atoms with E-state index in [9.17, 15) is 22.0 Å². The summed E-state index contributed by atoms with van der Waals surface area (Å²) in [4.78, 5) is 0. The molecule has 0 radical (unpaired) electrons. The number of rotatable bonds is 5. The van der Waals surface area contributed by atoms with Gasteiger partial charge in [-0.05, 0) is 12.8 Å². The summed E-state index contributed by atoms with van der Waals surface area (Å²) >= 11 is 0. The quantitative estimate of drug-likeness (QED) is 0.398. The highest BCUT2D eigenvalue weighted by molar-refractivity contribution is 5.01. The molecule has 86 valence electrons. The van der Waals surface area contributed by atoms with Gasteiger partial charge in [-0.1, -0.05) is 6.08 Å². The molecule has 0 heterocycles. The van der Waals surface area contributed by atoms with E-state index >= 15 is 0 Å². The van der Waals surface area contributed by atoms with Crippen LogP contribution in [0.15, 0.2) is 12.2 Å². The third-order valence-electron chi connectivity index (χ3n) is 1.56. The molecule has 0 atom stereocenters. The van der Waals surface area contributed by atoms with Crippen molar-refractivity contribution in [2.45, 2.75) is 37.8 Å². The van der Waals surface area contributed by atoms with Gasteiger partial charge in [0.05, 0.1) is 6.07 Å². The zero-order chi connectivity index (χ0) is 11.9. The van der Waals surface area contributed by atoms with E-state index in [4.69, 9.17) is 5.26 Å². The van der Waals surface area contributed by atoms with Crippen molar-refractivity contribution < 1.29 is 22.0 Å². The Kier molecular flexibility index (Phi) is 5.26. The number of alkyl halides is 5. The number of nitriles is 1. The van der Waals surface area contributed by atoms with Gasteiger partial charge in [-0.2, -0.15) is 18.4 Å². The topological polar surface area (TPSA) is 23.8 Å². The van der Waals surface area contributed by atoms with E-state index in [0.29, 0.717) is 0 Å². The average molecular weight is 227 g/mol. The van der Waals surface area contributed by atoms with Crippen LogP contribution in [0.5, 0.6) is 0 Å². The molecule has 0 amide bonds. The Morgan fingerprint density at radius 1 is 1.13 bits per heavy atom. The highest BCUT2D eigenvalue weighted by atomic mass is 19.4. The maximum absolute atomic E-state index is 12.6. The van der Waals surface area contributed by atoms with Crippen LogP contribution in [-0.4, -0.2) is 12.1 Å². The maximum atomic E-state index is 12.6. The summed E-state index contributed by atoms with van der Waals surface area (Å²) in [6.07, 6.45) is -5.16. The highest BCUT2D eigenvalue weighted by Crippen LogP contribution is 2.34. The van der Waals surface area contributed by atoms with Gasteiger partial charge >= 0.3 is 6.18 Å². The summed E-state index contributed by atoms with van der Waals surface area (Å²) < 4.78 is 60.2. The molecule has 6 heteroatoms. The Bertz CT molecular complexity index is 248. The first-order valence-corrected chi connectivity index (χ1v) is 4.26. The van der Waals surface area contributed by atoms with Gasteiger partial charge in [-0.25, -0.2) is 8.78 Å². The third kappa shape index (κ3) is 9.19. The van der Waals surface area contributed by atoms with E-state index in [1.54, 1.807) is 6.07 Å². The Hall–Kier alpha value is -1.12. The summed E-state index contributed by atoms with van der Waals surface area (Å²) in [5, 5.41) is 8.04. The molecule has 0 bridgehead atoms. The van der Waals surface area contributed by atoms with Crippen LogP contribution >= 0.6 is 0 Å². The minimum atomic E-state index is -4.84. The van der Waals surface area contributed by atoms with E-state index in [1.165, 1.54) is 6.08 Å². The molecule has 0 N–H and O–H groups in total. The number of nitrogens with zero attached hydrogens (tertiary/aromatic N) is 1. The van der Waals surface area contributed by atoms with Gasteiger partial charge in [0.25, 0.3) is 5.92 Å². The van der Waals surface area contributed by atoms with Crippen molar-refractivity contribution in [1.29, 1.82) is 5.26 Å². The molecule has 0 unspecified atom stereocenters. The highest BCUT2D eigenvalue weighted by Gasteiger charge is 2.42. The summed E-state index contributed by atoms with van der Waals surface area (Å²) in [6, 6.07) is 1.66. The molecule has 1 nitrogen and oxygen atoms in total. The largest absolute Gasteiger partial charge is 0.394 e. The van der Waals surface area contributed by atoms with Crippen LogP contribution in [0.3, 0.4) is 0 Å². The van der Waals surface area contributed by atoms with Gasteiger partial charge in [0.1, 0.15) is 6.42 Å². The Morgan fingerprint density at radius 2 is 1.73 bits per heavy atom. The van der Waals surface area contributed by atoms with Crippen LogP contribution in [-0.2, 0) is 0 Å². The van der Waals surface area contributed by atoms with Crippen molar-refractivity contribution in [3.05, 3.63) is 12.2 Å². The van der Waals surface area contributed by atoms with Gasteiger partial charge in [-0.15, -0.1) is 0 Å². The third-order valence-corrected chi connectivity index (χ3v) is 1.56. The second-order valence-electron chi connectivity index (χ2n) is 3.07. The van der Waals surface area contributed by atoms with Crippen molar-refractivity contribution in [2.24, 2.45) is 0 Å². The maximum Gasteiger partial charge on any atom is 0.394 e. The molecule has 0 rings (SSSR count). The minimum absolute atomic E-state index is 0.0682. The zero-order valence-corrected chi connectivity index (χ0v) is 7.82. The molecule has 0 aromatic carbocycles. The SMILES string of the molecule is N#CC=CCCCC(F)(F)CC(F)(F)F. The van der Waals surface area contributed by atoms with E-state index in [2.05, 4.69) is 0 Å². The Labute approximate surface area is 84.2 Å². The first-order chi connectivity index (χ1) is 6.77. The van der Waals surface area contributed by atoms with Crippen LogP contribution in [0.4, 0.5) is 22.0 Å². The van der Waals surface area contributed by atoms with Gasteiger partial charge in [-0.3, -0.25) is 0 Å². The van der Waals surface area contributed by atoms with Crippen molar-refractivity contribution >= 4 is 0 Å². The van der Waals surface area contributed by atoms with E-state index in [-0.39, 0.29) is 12.8 Å². The molecular formula is C9H10F5N. The number of unbranched alkanes of at least 4 members (excludes halogenated alkanes) is 1. The predicted molar refractivity (Wildman–Crippen MR) is 44.2 cm³/mol. The lowest BCUT2D eigenvalue weighted by molar-refractivity contribution is -0.189. The fourth-order valence-corrected chi connectivity index (χ4v) is 0.996. The zero-order valence-electron chi connectivity index (χ0n) is 7.82. The van der Waals surface area contributed by atoms with Gasteiger partial charge < -0.3 is 0 Å². The van der Waals surface area contributed by atoms with Crippen LogP contribution in [0, 0.1) is 11.3 Å². The van der Waals surface area contributed by atoms with E-state index in [1.807, 2.05) is 0 Å². The first-order valence-electron chi connectivity index (χ1n) is 4.26. The lowest BCUT2D eigenvalue weighted by Gasteiger charge is -2.17. The predicted octanol–water partition coefficient (Wildman–Crippen LogP) is 3.82. The smallest absolute Gasteiger partial charge is 0.207 e. The molecule has 0 aromatic heterocycles. The fourth-order valence-electron chi connectivity index (χ4n) is 0.996. The summed E-state index contributed by atoms with van der Waals surface area (Å²) in [5.74, 6) is -3.71. The van der Waals surface area contributed by atoms with Gasteiger partial charge in [0.15, 0.2) is 0 Å². The summed E-state index contributed by atoms with van der Waals surface area (Å²) in [7, 11) is 0. The molecule has 15 heavy (non-hydrogen) atoms. The number of hydrogen-bond acceptors (Lipinski definition) is 1. The number of halogens is 5. The molecule has 0 aliphatic heterocycles. The van der Waals surface area contributed by atoms with Crippen LogP contribution < -0.4 is 0 Å². The van der Waals surface area contributed by atoms with Crippen LogP contribution in [0.1, 0.15) is 25.7 Å². The molecular weight excluding hydrogens is 217 g/mol. The van der Waals surface area contributed by atoms with Gasteiger partial charge in [0, 0.05) is 12.5 Å². The Morgan fingerprint density at radius 3 is 2.20 bits per heavy atom. The normalized spacial score (nSPS) is 13.1. The van der Waals surface area contributed by atoms with Crippen molar-refractivity contribution in [3.8, 4) is 6.07 Å². The van der Waals surface area contributed by atoms with Crippen LogP contribution in [0.25, 0.3) is 0 Å². The Balaban J connectivity index is 3.85. The lowest BCUT2D eigenvalue weighted by atomic mass is 10.1. The van der Waals surface area contributed by atoms with Crippen molar-refractivity contribution in [2.75, 3.05) is 0 Å². The molecule has 0 aliphatic rings. The molecule has 0 saturated heterocycles. The number of allylic oxidation sites excluding steroid dienone is 2. The first kappa shape index (κ1) is 13.9. The standard InChI is InChI=1S/C9H10F5N/c10-8(11,7-9(12,13)14)5-3-1-2-4-6-15/h2,4H,1,3,5,7H2. The summed E-state index contributed by atoms with van der Waals surface area (Å²) in [5.41, 5.74) is 0. The number of hydrogen-bond donors (Lipinski definition) is 0. The van der Waals surface area contributed by atoms with Crippen molar-refractivity contribution in [1.82, 2.24) is 0 Å². The van der Waals surface area contributed by atoms with E-state index < -0.39 is 24.9 Å². The van der Waals surface area contributed by atoms with Crippen LogP contribution in [0.2, 0.25) is 0 Å².